The molecule has 0 heterocycles. The van der Waals surface area contributed by atoms with Gasteiger partial charge in [0.2, 0.25) is 0 Å². The second-order valence-corrected chi connectivity index (χ2v) is 7.02. The minimum absolute atomic E-state index is 0.675. The van der Waals surface area contributed by atoms with E-state index in [2.05, 4.69) is 20.8 Å². The first-order chi connectivity index (χ1) is 9.29. The Kier molecular flexibility index (Phi) is 8.24. The summed E-state index contributed by atoms with van der Waals surface area (Å²) < 4.78 is 18.2. The maximum atomic E-state index is 6.06. The van der Waals surface area contributed by atoms with Gasteiger partial charge >= 0.3 is 117 Å². The molecule has 0 atom stereocenters. The molecule has 0 radical (unpaired) electrons. The van der Waals surface area contributed by atoms with E-state index >= 15 is 0 Å². The fourth-order valence-electron chi connectivity index (χ4n) is 1.73. The monoisotopic (exact) mass is 286 g/mol. The Labute approximate surface area is 117 Å². The summed E-state index contributed by atoms with van der Waals surface area (Å²) in [6.45, 7) is 8.33. The third kappa shape index (κ3) is 5.19. The Hall–Kier alpha value is -0.470. The van der Waals surface area contributed by atoms with Crippen LogP contribution in [0.4, 0.5) is 0 Å². The first kappa shape index (κ1) is 16.6. The summed E-state index contributed by atoms with van der Waals surface area (Å²) in [7, 11) is -2.73. The summed E-state index contributed by atoms with van der Waals surface area (Å²) in [5.74, 6) is 0. The summed E-state index contributed by atoms with van der Waals surface area (Å²) >= 11 is 0. The fraction of sp³-hybridized carbons (Fsp3) is 0.600. The quantitative estimate of drug-likeness (QED) is 0.606. The Balaban J connectivity index is 2.94. The molecule has 0 fully saturated rings. The molecule has 0 unspecified atom stereocenters. The Bertz CT molecular complexity index is 308. The molecule has 110 valence electrons. The predicted molar refractivity (Wildman–Crippen MR) is 83.1 cm³/mol. The zero-order chi connectivity index (χ0) is 14.0. The van der Waals surface area contributed by atoms with Crippen LogP contribution in [0.2, 0.25) is 0 Å². The summed E-state index contributed by atoms with van der Waals surface area (Å²) in [5.41, 5.74) is 0. The van der Waals surface area contributed by atoms with Crippen LogP contribution in [0.15, 0.2) is 30.3 Å². The van der Waals surface area contributed by atoms with Crippen molar-refractivity contribution in [2.24, 2.45) is 0 Å². The van der Waals surface area contributed by atoms with Crippen molar-refractivity contribution in [1.82, 2.24) is 0 Å². The second kappa shape index (κ2) is 9.44. The van der Waals surface area contributed by atoms with Gasteiger partial charge < -0.3 is 0 Å². The number of hydrogen-bond acceptors (Lipinski definition) is 3. The van der Waals surface area contributed by atoms with Gasteiger partial charge in [-0.15, -0.1) is 0 Å². The summed E-state index contributed by atoms with van der Waals surface area (Å²) in [6, 6.07) is 10.1. The zero-order valence-electron chi connectivity index (χ0n) is 12.4. The Morgan fingerprint density at radius 3 is 1.53 bits per heavy atom. The molecule has 0 saturated carbocycles. The zero-order valence-corrected chi connectivity index (χ0v) is 13.4. The number of hydrogen-bond donors (Lipinski definition) is 0. The Morgan fingerprint density at radius 1 is 0.737 bits per heavy atom. The molecule has 0 bridgehead atoms. The molecule has 0 N–H and O–H groups in total. The standard InChI is InChI=1S/C15H27O3P/c1-4-12-16-19(17-13-5-2,18-14-6-3)15-10-8-7-9-11-15/h7-11,19H,4-6,12-14H2,1-3H3. The topological polar surface area (TPSA) is 27.7 Å². The third-order valence-corrected chi connectivity index (χ3v) is 5.41. The molecule has 1 rings (SSSR count). The van der Waals surface area contributed by atoms with Gasteiger partial charge in [-0.05, 0) is 0 Å². The van der Waals surface area contributed by atoms with E-state index in [9.17, 15) is 0 Å². The van der Waals surface area contributed by atoms with Gasteiger partial charge in [-0.3, -0.25) is 0 Å². The molecule has 0 aromatic heterocycles. The fourth-order valence-corrected chi connectivity index (χ4v) is 4.50. The van der Waals surface area contributed by atoms with Crippen LogP contribution < -0.4 is 5.30 Å². The van der Waals surface area contributed by atoms with Crippen LogP contribution in [0.3, 0.4) is 0 Å². The molecule has 0 aliphatic heterocycles. The van der Waals surface area contributed by atoms with Crippen LogP contribution >= 0.6 is 7.94 Å². The van der Waals surface area contributed by atoms with Gasteiger partial charge in [0.05, 0.1) is 0 Å². The molecular weight excluding hydrogens is 259 g/mol. The second-order valence-electron chi connectivity index (χ2n) is 4.47. The van der Waals surface area contributed by atoms with Crippen molar-refractivity contribution in [3.63, 3.8) is 0 Å². The number of rotatable bonds is 10. The van der Waals surface area contributed by atoms with Gasteiger partial charge in [-0.2, -0.15) is 0 Å². The van der Waals surface area contributed by atoms with Crippen LogP contribution in [0.25, 0.3) is 0 Å². The van der Waals surface area contributed by atoms with Gasteiger partial charge in [0.1, 0.15) is 0 Å². The molecule has 1 aromatic carbocycles. The molecule has 19 heavy (non-hydrogen) atoms. The van der Waals surface area contributed by atoms with Crippen molar-refractivity contribution in [1.29, 1.82) is 0 Å². The first-order valence-electron chi connectivity index (χ1n) is 7.26. The van der Waals surface area contributed by atoms with Crippen LogP contribution in [0.1, 0.15) is 40.0 Å². The van der Waals surface area contributed by atoms with Gasteiger partial charge in [-0.1, -0.05) is 0 Å². The minimum atomic E-state index is -2.73. The van der Waals surface area contributed by atoms with E-state index in [0.717, 1.165) is 24.6 Å². The SMILES string of the molecule is CCCO[PH](OCCC)(OCCC)c1ccccc1. The van der Waals surface area contributed by atoms with E-state index in [1.54, 1.807) is 0 Å². The van der Waals surface area contributed by atoms with E-state index in [0.29, 0.717) is 19.8 Å². The van der Waals surface area contributed by atoms with Crippen LogP contribution in [0, 0.1) is 0 Å². The van der Waals surface area contributed by atoms with E-state index in [4.69, 9.17) is 13.6 Å². The molecule has 0 saturated heterocycles. The Morgan fingerprint density at radius 2 is 1.16 bits per heavy atom. The van der Waals surface area contributed by atoms with Gasteiger partial charge in [0.15, 0.2) is 0 Å². The first-order valence-corrected chi connectivity index (χ1v) is 8.99. The molecule has 4 heteroatoms. The van der Waals surface area contributed by atoms with E-state index in [-0.39, 0.29) is 0 Å². The summed E-state index contributed by atoms with van der Waals surface area (Å²) in [6.07, 6.45) is 2.89. The van der Waals surface area contributed by atoms with Crippen molar-refractivity contribution < 1.29 is 13.6 Å². The van der Waals surface area contributed by atoms with E-state index in [1.807, 2.05) is 30.3 Å². The van der Waals surface area contributed by atoms with Gasteiger partial charge in [0.25, 0.3) is 0 Å². The van der Waals surface area contributed by atoms with E-state index < -0.39 is 7.94 Å². The molecular formula is C15H27O3P. The van der Waals surface area contributed by atoms with Crippen LogP contribution in [0.5, 0.6) is 0 Å². The summed E-state index contributed by atoms with van der Waals surface area (Å²) in [4.78, 5) is 0. The van der Waals surface area contributed by atoms with Crippen LogP contribution in [-0.2, 0) is 13.6 Å². The normalized spacial score (nSPS) is 12.6. The molecule has 0 spiro atoms. The van der Waals surface area contributed by atoms with Crippen molar-refractivity contribution in [3.8, 4) is 0 Å². The molecule has 3 nitrogen and oxygen atoms in total. The van der Waals surface area contributed by atoms with E-state index in [1.165, 1.54) is 0 Å². The maximum absolute atomic E-state index is 6.06. The van der Waals surface area contributed by atoms with Gasteiger partial charge in [0, 0.05) is 0 Å². The number of benzene rings is 1. The average Bonchev–Trinajstić information content (AvgIpc) is 2.48. The predicted octanol–water partition coefficient (Wildman–Crippen LogP) is 4.09. The molecule has 0 aliphatic carbocycles. The molecule has 0 amide bonds. The van der Waals surface area contributed by atoms with Crippen molar-refractivity contribution in [2.45, 2.75) is 40.0 Å². The van der Waals surface area contributed by atoms with Crippen molar-refractivity contribution in [3.05, 3.63) is 30.3 Å². The molecule has 1 aromatic rings. The third-order valence-electron chi connectivity index (χ3n) is 2.62. The van der Waals surface area contributed by atoms with Gasteiger partial charge in [-0.25, -0.2) is 0 Å². The molecule has 0 aliphatic rings. The van der Waals surface area contributed by atoms with Crippen LogP contribution in [-0.4, -0.2) is 19.8 Å². The summed E-state index contributed by atoms with van der Waals surface area (Å²) in [5, 5.41) is 1.06. The van der Waals surface area contributed by atoms with Crippen molar-refractivity contribution >= 4 is 13.2 Å². The average molecular weight is 286 g/mol. The van der Waals surface area contributed by atoms with Crippen molar-refractivity contribution in [2.75, 3.05) is 19.8 Å².